The number of aliphatic hydroxyl groups excluding tert-OH is 2. The molecule has 3 aliphatic heterocycles. The molecule has 3 saturated heterocycles. The summed E-state index contributed by atoms with van der Waals surface area (Å²) < 4.78 is 25.1. The van der Waals surface area contributed by atoms with Crippen LogP contribution in [0.1, 0.15) is 28.7 Å². The Morgan fingerprint density at radius 1 is 0.957 bits per heavy atom. The van der Waals surface area contributed by atoms with Crippen molar-refractivity contribution >= 4 is 18.0 Å². The molecule has 3 N–H and O–H groups in total. The van der Waals surface area contributed by atoms with Crippen LogP contribution in [0.5, 0.6) is 0 Å². The van der Waals surface area contributed by atoms with E-state index in [1.807, 2.05) is 84.9 Å². The van der Waals surface area contributed by atoms with Gasteiger partial charge in [0, 0.05) is 24.1 Å². The number of esters is 1. The van der Waals surface area contributed by atoms with Crippen LogP contribution in [0.3, 0.4) is 0 Å². The van der Waals surface area contributed by atoms with Gasteiger partial charge in [0.1, 0.15) is 36.4 Å². The number of carbonyl (C=O) groups excluding carboxylic acids is 2. The molecule has 4 aliphatic rings. The number of hydrogen-bond donors (Lipinski definition) is 3. The fourth-order valence-corrected chi connectivity index (χ4v) is 7.25. The number of nitrogens with zero attached hydrogens (tertiary/aromatic N) is 1. The van der Waals surface area contributed by atoms with Crippen LogP contribution in [-0.4, -0.2) is 84.0 Å². The second-order valence-corrected chi connectivity index (χ2v) is 11.9. The lowest BCUT2D eigenvalue weighted by Crippen LogP contribution is -2.69. The molecule has 3 heterocycles. The van der Waals surface area contributed by atoms with Crippen LogP contribution in [-0.2, 0) is 45.7 Å². The van der Waals surface area contributed by atoms with Crippen LogP contribution in [0.2, 0.25) is 0 Å². The van der Waals surface area contributed by atoms with Gasteiger partial charge in [-0.2, -0.15) is 5.06 Å². The Balaban J connectivity index is 1.27. The second-order valence-electron chi connectivity index (χ2n) is 11.9. The summed E-state index contributed by atoms with van der Waals surface area (Å²) in [5.41, 5.74) is 1.83. The van der Waals surface area contributed by atoms with Crippen molar-refractivity contribution in [2.24, 2.45) is 5.41 Å². The summed E-state index contributed by atoms with van der Waals surface area (Å²) in [4.78, 5) is 34.7. The number of rotatable bonds is 11. The standard InChI is InChI=1S/C35H36N2O9/c38-16-15-36-33(41)34-21-27-28-29(45-35(44-28,25-10-3-1-4-11-25)26-12-5-2-6-13-26)31(34)46-37(30(34)32(40)43-27)22-24-9-7-8-23(20-24)14-18-42-19-17-39/h1-14,18,20,27-31,38-39H,15-17,19,21-22H2,(H,36,41). The lowest BCUT2D eigenvalue weighted by Gasteiger charge is -2.48. The molecule has 6 unspecified atom stereocenters. The first-order chi connectivity index (χ1) is 22.5. The number of ether oxygens (including phenoxy) is 4. The van der Waals surface area contributed by atoms with Gasteiger partial charge in [0.2, 0.25) is 11.7 Å². The highest BCUT2D eigenvalue weighted by Gasteiger charge is 2.76. The molecule has 3 aromatic carbocycles. The lowest BCUT2D eigenvalue weighted by molar-refractivity contribution is -0.213. The molecule has 4 fully saturated rings. The van der Waals surface area contributed by atoms with E-state index in [4.69, 9.17) is 28.9 Å². The smallest absolute Gasteiger partial charge is 0.327 e. The quantitative estimate of drug-likeness (QED) is 0.165. The third-order valence-corrected chi connectivity index (χ3v) is 9.14. The summed E-state index contributed by atoms with van der Waals surface area (Å²) in [6.07, 6.45) is 0.285. The van der Waals surface area contributed by atoms with Crippen molar-refractivity contribution in [1.29, 1.82) is 0 Å². The Morgan fingerprint density at radius 3 is 2.37 bits per heavy atom. The van der Waals surface area contributed by atoms with Crippen LogP contribution in [0.4, 0.5) is 0 Å². The number of fused-ring (bicyclic) bond motifs is 4. The molecule has 2 bridgehead atoms. The van der Waals surface area contributed by atoms with Gasteiger partial charge in [-0.1, -0.05) is 84.9 Å². The Hall–Kier alpha value is -4.10. The van der Waals surface area contributed by atoms with Gasteiger partial charge >= 0.3 is 5.97 Å². The molecule has 1 saturated carbocycles. The zero-order valence-electron chi connectivity index (χ0n) is 25.1. The molecular formula is C35H36N2O9. The Kier molecular flexibility index (Phi) is 8.36. The van der Waals surface area contributed by atoms with Crippen molar-refractivity contribution in [3.8, 4) is 0 Å². The van der Waals surface area contributed by atoms with Crippen LogP contribution < -0.4 is 5.32 Å². The average molecular weight is 629 g/mol. The van der Waals surface area contributed by atoms with E-state index in [1.165, 1.54) is 11.3 Å². The molecular weight excluding hydrogens is 592 g/mol. The van der Waals surface area contributed by atoms with Crippen molar-refractivity contribution in [3.63, 3.8) is 0 Å². The molecule has 3 aromatic rings. The molecule has 0 aromatic heterocycles. The maximum Gasteiger partial charge on any atom is 0.327 e. The van der Waals surface area contributed by atoms with Gasteiger partial charge in [-0.25, -0.2) is 0 Å². The number of benzene rings is 3. The van der Waals surface area contributed by atoms with E-state index in [1.54, 1.807) is 6.08 Å². The number of hydrogen-bond acceptors (Lipinski definition) is 10. The molecule has 11 heteroatoms. The van der Waals surface area contributed by atoms with E-state index < -0.39 is 53.5 Å². The zero-order valence-corrected chi connectivity index (χ0v) is 25.1. The molecule has 46 heavy (non-hydrogen) atoms. The lowest BCUT2D eigenvalue weighted by atomic mass is 9.62. The van der Waals surface area contributed by atoms with Gasteiger partial charge < -0.3 is 34.5 Å². The molecule has 6 atom stereocenters. The fraction of sp³-hybridized carbons (Fsp3) is 0.371. The van der Waals surface area contributed by atoms with Crippen molar-refractivity contribution in [2.75, 3.05) is 26.4 Å². The first-order valence-corrected chi connectivity index (χ1v) is 15.5. The number of amides is 1. The van der Waals surface area contributed by atoms with Gasteiger partial charge in [0.05, 0.1) is 26.0 Å². The van der Waals surface area contributed by atoms with Gasteiger partial charge in [0.25, 0.3) is 0 Å². The molecule has 7 rings (SSSR count). The second kappa shape index (κ2) is 12.6. The number of hydroxylamine groups is 2. The van der Waals surface area contributed by atoms with E-state index in [0.717, 1.165) is 22.3 Å². The third kappa shape index (κ3) is 5.09. The normalized spacial score (nSPS) is 29.3. The highest BCUT2D eigenvalue weighted by Crippen LogP contribution is 2.59. The van der Waals surface area contributed by atoms with E-state index in [0.29, 0.717) is 0 Å². The fourth-order valence-electron chi connectivity index (χ4n) is 7.25. The Morgan fingerprint density at radius 2 is 1.67 bits per heavy atom. The SMILES string of the molecule is O=C1OC2CC3(C(=O)NCCO)C(ON(Cc4cccc(C=COCCO)c4)C13)C1OC(c3ccccc3)(c3ccccc3)OC21. The van der Waals surface area contributed by atoms with Crippen LogP contribution in [0.15, 0.2) is 91.2 Å². The monoisotopic (exact) mass is 628 g/mol. The number of aliphatic hydroxyl groups is 2. The minimum Gasteiger partial charge on any atom is -0.499 e. The van der Waals surface area contributed by atoms with E-state index in [-0.39, 0.29) is 39.3 Å². The Labute approximate surface area is 266 Å². The zero-order chi connectivity index (χ0) is 31.7. The first kappa shape index (κ1) is 30.5. The van der Waals surface area contributed by atoms with Crippen LogP contribution in [0, 0.1) is 5.41 Å². The predicted molar refractivity (Wildman–Crippen MR) is 163 cm³/mol. The van der Waals surface area contributed by atoms with Crippen molar-refractivity contribution in [3.05, 3.63) is 113 Å². The van der Waals surface area contributed by atoms with E-state index in [9.17, 15) is 14.7 Å². The topological polar surface area (TPSA) is 136 Å². The van der Waals surface area contributed by atoms with Gasteiger partial charge in [-0.15, -0.1) is 0 Å². The molecule has 11 nitrogen and oxygen atoms in total. The maximum atomic E-state index is 14.1. The van der Waals surface area contributed by atoms with Gasteiger partial charge in [-0.3, -0.25) is 14.4 Å². The molecule has 240 valence electrons. The minimum atomic E-state index is -1.36. The number of nitrogens with one attached hydrogen (secondary N) is 1. The van der Waals surface area contributed by atoms with Crippen molar-refractivity contribution in [1.82, 2.24) is 10.4 Å². The van der Waals surface area contributed by atoms with Crippen LogP contribution >= 0.6 is 0 Å². The van der Waals surface area contributed by atoms with Crippen molar-refractivity contribution < 1.29 is 43.6 Å². The maximum absolute atomic E-state index is 14.1. The summed E-state index contributed by atoms with van der Waals surface area (Å²) in [7, 11) is 0. The number of carbonyl (C=O) groups is 2. The molecule has 1 amide bonds. The Bertz CT molecular complexity index is 1550. The highest BCUT2D eigenvalue weighted by atomic mass is 16.8. The van der Waals surface area contributed by atoms with E-state index >= 15 is 0 Å². The molecule has 1 aliphatic carbocycles. The summed E-state index contributed by atoms with van der Waals surface area (Å²) in [5, 5.41) is 22.9. The van der Waals surface area contributed by atoms with Crippen LogP contribution in [0.25, 0.3) is 6.08 Å². The first-order valence-electron chi connectivity index (χ1n) is 15.5. The summed E-state index contributed by atoms with van der Waals surface area (Å²) >= 11 is 0. The van der Waals surface area contributed by atoms with Crippen molar-refractivity contribution in [2.45, 2.75) is 49.2 Å². The molecule has 0 radical (unpaired) electrons. The summed E-state index contributed by atoms with van der Waals surface area (Å²) in [6, 6.07) is 25.7. The average Bonchev–Trinajstić information content (AvgIpc) is 3.66. The molecule has 0 spiro atoms. The van der Waals surface area contributed by atoms with E-state index in [2.05, 4.69) is 5.32 Å². The minimum absolute atomic E-state index is 0.0237. The highest BCUT2D eigenvalue weighted by molar-refractivity contribution is 5.93. The largest absolute Gasteiger partial charge is 0.499 e. The summed E-state index contributed by atoms with van der Waals surface area (Å²) in [6.45, 7) is 0.0486. The van der Waals surface area contributed by atoms with Gasteiger partial charge in [-0.05, 0) is 17.2 Å². The third-order valence-electron chi connectivity index (χ3n) is 9.14. The van der Waals surface area contributed by atoms with Gasteiger partial charge in [0.15, 0.2) is 6.04 Å². The predicted octanol–water partition coefficient (Wildman–Crippen LogP) is 2.26. The summed E-state index contributed by atoms with van der Waals surface area (Å²) in [5.74, 6) is -2.32.